The molecule has 1 fully saturated rings. The molecule has 0 aromatic carbocycles. The van der Waals surface area contributed by atoms with Crippen molar-refractivity contribution in [3.63, 3.8) is 0 Å². The molecule has 24 heavy (non-hydrogen) atoms. The van der Waals surface area contributed by atoms with Crippen LogP contribution < -0.4 is 10.6 Å². The summed E-state index contributed by atoms with van der Waals surface area (Å²) >= 11 is 0. The first-order valence-electron chi connectivity index (χ1n) is 8.26. The third kappa shape index (κ3) is 6.89. The van der Waals surface area contributed by atoms with E-state index in [-0.39, 0.29) is 24.0 Å². The molecule has 0 saturated carbocycles. The van der Waals surface area contributed by atoms with Gasteiger partial charge in [-0.2, -0.15) is 0 Å². The van der Waals surface area contributed by atoms with Crippen molar-refractivity contribution in [1.82, 2.24) is 30.3 Å². The van der Waals surface area contributed by atoms with Gasteiger partial charge in [-0.05, 0) is 20.8 Å². The van der Waals surface area contributed by atoms with Gasteiger partial charge in [0.05, 0.1) is 13.2 Å². The van der Waals surface area contributed by atoms with Crippen LogP contribution in [0.5, 0.6) is 0 Å². The zero-order chi connectivity index (χ0) is 16.7. The first-order valence-corrected chi connectivity index (χ1v) is 8.26. The zero-order valence-corrected chi connectivity index (χ0v) is 17.4. The van der Waals surface area contributed by atoms with Crippen LogP contribution in [0.2, 0.25) is 0 Å². The van der Waals surface area contributed by atoms with Crippen molar-refractivity contribution in [2.45, 2.75) is 33.4 Å². The number of ether oxygens (including phenoxy) is 1. The van der Waals surface area contributed by atoms with Crippen molar-refractivity contribution in [3.05, 3.63) is 11.6 Å². The number of hydrogen-bond donors (Lipinski definition) is 2. The fourth-order valence-corrected chi connectivity index (χ4v) is 2.32. The summed E-state index contributed by atoms with van der Waals surface area (Å²) in [6.45, 7) is 12.2. The summed E-state index contributed by atoms with van der Waals surface area (Å²) in [5, 5.41) is 15.0. The monoisotopic (exact) mass is 451 g/mol. The highest BCUT2D eigenvalue weighted by molar-refractivity contribution is 14.0. The van der Waals surface area contributed by atoms with E-state index >= 15 is 0 Å². The molecule has 1 aromatic rings. The van der Waals surface area contributed by atoms with Crippen LogP contribution in [0.3, 0.4) is 0 Å². The number of aromatic nitrogens is 3. The molecular weight excluding hydrogens is 421 g/mol. The number of morpholine rings is 1. The third-order valence-corrected chi connectivity index (χ3v) is 3.81. The first kappa shape index (κ1) is 21.1. The Morgan fingerprint density at radius 1 is 1.29 bits per heavy atom. The molecule has 0 atom stereocenters. The van der Waals surface area contributed by atoms with E-state index in [0.717, 1.165) is 57.0 Å². The predicted octanol–water partition coefficient (Wildman–Crippen LogP) is 0.517. The molecule has 0 unspecified atom stereocenters. The van der Waals surface area contributed by atoms with Crippen molar-refractivity contribution < 1.29 is 4.74 Å². The minimum atomic E-state index is 0. The van der Waals surface area contributed by atoms with E-state index in [1.165, 1.54) is 0 Å². The Balaban J connectivity index is 0.00000288. The van der Waals surface area contributed by atoms with Gasteiger partial charge < -0.3 is 19.9 Å². The number of nitrogens with zero attached hydrogens (tertiary/aromatic N) is 5. The van der Waals surface area contributed by atoms with Crippen molar-refractivity contribution in [2.24, 2.45) is 12.0 Å². The maximum atomic E-state index is 5.37. The van der Waals surface area contributed by atoms with Crippen molar-refractivity contribution in [1.29, 1.82) is 0 Å². The second kappa shape index (κ2) is 10.8. The van der Waals surface area contributed by atoms with Crippen LogP contribution in [0.25, 0.3) is 0 Å². The van der Waals surface area contributed by atoms with Gasteiger partial charge in [-0.25, -0.2) is 4.99 Å². The molecule has 1 aliphatic rings. The third-order valence-electron chi connectivity index (χ3n) is 3.81. The highest BCUT2D eigenvalue weighted by Gasteiger charge is 2.10. The van der Waals surface area contributed by atoms with Crippen LogP contribution in [0.4, 0.5) is 0 Å². The molecule has 0 radical (unpaired) electrons. The van der Waals surface area contributed by atoms with Gasteiger partial charge in [0.25, 0.3) is 0 Å². The Kier molecular flexibility index (Phi) is 9.52. The normalized spacial score (nSPS) is 16.1. The lowest BCUT2D eigenvalue weighted by Gasteiger charge is -2.27. The number of aliphatic imine (C=N–C) groups is 1. The largest absolute Gasteiger partial charge is 0.379 e. The van der Waals surface area contributed by atoms with Gasteiger partial charge >= 0.3 is 0 Å². The number of hydrogen-bond acceptors (Lipinski definition) is 5. The van der Waals surface area contributed by atoms with E-state index < -0.39 is 0 Å². The summed E-state index contributed by atoms with van der Waals surface area (Å²) in [4.78, 5) is 7.02. The Bertz CT molecular complexity index is 512. The second-order valence-corrected chi connectivity index (χ2v) is 6.07. The average molecular weight is 451 g/mol. The lowest BCUT2D eigenvalue weighted by Crippen LogP contribution is -2.46. The maximum absolute atomic E-state index is 5.37. The van der Waals surface area contributed by atoms with E-state index in [1.807, 2.05) is 18.5 Å². The van der Waals surface area contributed by atoms with Crippen molar-refractivity contribution in [2.75, 3.05) is 39.4 Å². The summed E-state index contributed by atoms with van der Waals surface area (Å²) in [5.41, 5.74) is 0. The van der Waals surface area contributed by atoms with Gasteiger partial charge in [0.1, 0.15) is 12.4 Å². The molecule has 2 heterocycles. The van der Waals surface area contributed by atoms with E-state index in [2.05, 4.69) is 44.6 Å². The maximum Gasteiger partial charge on any atom is 0.191 e. The fraction of sp³-hybridized carbons (Fsp3) is 0.800. The SMILES string of the molecule is Cc1nnc(CN=C(NCCN2CCOCC2)NC(C)C)n1C.I. The number of aryl methyl sites for hydroxylation is 1. The van der Waals surface area contributed by atoms with Gasteiger partial charge in [-0.3, -0.25) is 4.90 Å². The number of rotatable bonds is 6. The molecule has 0 amide bonds. The topological polar surface area (TPSA) is 79.6 Å². The van der Waals surface area contributed by atoms with E-state index in [0.29, 0.717) is 12.6 Å². The Morgan fingerprint density at radius 3 is 2.58 bits per heavy atom. The summed E-state index contributed by atoms with van der Waals surface area (Å²) in [5.74, 6) is 2.57. The molecule has 1 aromatic heterocycles. The Morgan fingerprint density at radius 2 is 2.00 bits per heavy atom. The molecule has 1 saturated heterocycles. The quantitative estimate of drug-likeness (QED) is 0.373. The van der Waals surface area contributed by atoms with E-state index in [9.17, 15) is 0 Å². The smallest absolute Gasteiger partial charge is 0.191 e. The van der Waals surface area contributed by atoms with Gasteiger partial charge in [-0.15, -0.1) is 34.2 Å². The molecule has 2 N–H and O–H groups in total. The van der Waals surface area contributed by atoms with Crippen LogP contribution in [-0.2, 0) is 18.3 Å². The summed E-state index contributed by atoms with van der Waals surface area (Å²) in [6, 6.07) is 0.325. The van der Waals surface area contributed by atoms with Crippen LogP contribution in [0, 0.1) is 6.92 Å². The van der Waals surface area contributed by atoms with Crippen LogP contribution >= 0.6 is 24.0 Å². The average Bonchev–Trinajstić information content (AvgIpc) is 2.85. The van der Waals surface area contributed by atoms with Gasteiger partial charge in [-0.1, -0.05) is 0 Å². The molecule has 138 valence electrons. The molecule has 1 aliphatic heterocycles. The van der Waals surface area contributed by atoms with Gasteiger partial charge in [0, 0.05) is 39.3 Å². The van der Waals surface area contributed by atoms with E-state index in [1.54, 1.807) is 0 Å². The highest BCUT2D eigenvalue weighted by atomic mass is 127. The summed E-state index contributed by atoms with van der Waals surface area (Å²) in [7, 11) is 1.96. The number of nitrogens with one attached hydrogen (secondary N) is 2. The van der Waals surface area contributed by atoms with Crippen LogP contribution in [-0.4, -0.2) is 71.1 Å². The lowest BCUT2D eigenvalue weighted by molar-refractivity contribution is 0.0389. The number of halogens is 1. The molecule has 2 rings (SSSR count). The molecule has 0 spiro atoms. The van der Waals surface area contributed by atoms with Gasteiger partial charge in [0.15, 0.2) is 11.8 Å². The lowest BCUT2D eigenvalue weighted by atomic mass is 10.4. The van der Waals surface area contributed by atoms with Crippen LogP contribution in [0.1, 0.15) is 25.5 Å². The fourth-order valence-electron chi connectivity index (χ4n) is 2.32. The standard InChI is InChI=1S/C15H29N7O.HI/c1-12(2)18-15(16-5-6-22-7-9-23-10-8-22)17-11-14-20-19-13(3)21(14)4;/h12H,5-11H2,1-4H3,(H2,16,17,18);1H. The second-order valence-electron chi connectivity index (χ2n) is 6.07. The molecule has 0 aliphatic carbocycles. The highest BCUT2D eigenvalue weighted by Crippen LogP contribution is 1.99. The Hall–Kier alpha value is -0.940. The Labute approximate surface area is 161 Å². The van der Waals surface area contributed by atoms with Crippen LogP contribution in [0.15, 0.2) is 4.99 Å². The van der Waals surface area contributed by atoms with Gasteiger partial charge in [0.2, 0.25) is 0 Å². The minimum Gasteiger partial charge on any atom is -0.379 e. The minimum absolute atomic E-state index is 0. The summed E-state index contributed by atoms with van der Waals surface area (Å²) in [6.07, 6.45) is 0. The summed E-state index contributed by atoms with van der Waals surface area (Å²) < 4.78 is 7.33. The molecule has 0 bridgehead atoms. The molecule has 8 nitrogen and oxygen atoms in total. The first-order chi connectivity index (χ1) is 11.1. The predicted molar refractivity (Wildman–Crippen MR) is 106 cm³/mol. The zero-order valence-electron chi connectivity index (χ0n) is 15.1. The van der Waals surface area contributed by atoms with E-state index in [4.69, 9.17) is 4.74 Å². The molecule has 9 heteroatoms. The van der Waals surface area contributed by atoms with Crippen molar-refractivity contribution in [3.8, 4) is 0 Å². The molecular formula is C15H30IN7O. The number of guanidine groups is 1. The van der Waals surface area contributed by atoms with Crippen molar-refractivity contribution >= 4 is 29.9 Å².